The molecule has 0 rings (SSSR count). The second kappa shape index (κ2) is 7.96. The fourth-order valence-corrected chi connectivity index (χ4v) is 1.56. The van der Waals surface area contributed by atoms with Crippen molar-refractivity contribution in [1.82, 2.24) is 5.32 Å². The first kappa shape index (κ1) is 14.7. The second-order valence-electron chi connectivity index (χ2n) is 4.19. The molecule has 0 aromatic rings. The topological polar surface area (TPSA) is 75.6 Å². The quantitative estimate of drug-likeness (QED) is 0.701. The molecule has 94 valence electrons. The smallest absolute Gasteiger partial charge is 0.407 e. The van der Waals surface area contributed by atoms with Gasteiger partial charge in [0, 0.05) is 13.0 Å². The van der Waals surface area contributed by atoms with E-state index in [1.165, 1.54) is 0 Å². The highest BCUT2D eigenvalue weighted by Gasteiger charge is 2.16. The van der Waals surface area contributed by atoms with Gasteiger partial charge in [-0.05, 0) is 25.2 Å². The molecule has 16 heavy (non-hydrogen) atoms. The number of alkyl carbamates (subject to hydrolysis) is 1. The maximum Gasteiger partial charge on any atom is 0.407 e. The molecule has 5 heteroatoms. The Labute approximate surface area is 96.2 Å². The molecular weight excluding hydrogens is 210 g/mol. The van der Waals surface area contributed by atoms with Crippen LogP contribution in [-0.4, -0.2) is 30.3 Å². The van der Waals surface area contributed by atoms with Crippen molar-refractivity contribution in [2.75, 3.05) is 13.2 Å². The summed E-state index contributed by atoms with van der Waals surface area (Å²) in [6.45, 7) is 6.45. The zero-order chi connectivity index (χ0) is 12.6. The Hall–Kier alpha value is -1.26. The molecule has 0 heterocycles. The molecule has 1 amide bonds. The highest BCUT2D eigenvalue weighted by molar-refractivity contribution is 5.68. The summed E-state index contributed by atoms with van der Waals surface area (Å²) >= 11 is 0. The van der Waals surface area contributed by atoms with Gasteiger partial charge in [0.1, 0.15) is 0 Å². The van der Waals surface area contributed by atoms with Crippen LogP contribution in [0, 0.1) is 11.8 Å². The van der Waals surface area contributed by atoms with Crippen LogP contribution in [0.3, 0.4) is 0 Å². The zero-order valence-electron chi connectivity index (χ0n) is 10.2. The largest absolute Gasteiger partial charge is 0.481 e. The SMILES string of the molecule is CCOC(=O)NC[C@H](CC(=O)O)CC(C)C. The molecule has 5 nitrogen and oxygen atoms in total. The van der Waals surface area contributed by atoms with Crippen molar-refractivity contribution in [2.45, 2.75) is 33.6 Å². The van der Waals surface area contributed by atoms with Crippen molar-refractivity contribution in [1.29, 1.82) is 0 Å². The summed E-state index contributed by atoms with van der Waals surface area (Å²) in [6, 6.07) is 0. The maximum atomic E-state index is 11.0. The third-order valence-corrected chi connectivity index (χ3v) is 2.08. The summed E-state index contributed by atoms with van der Waals surface area (Å²) in [5.41, 5.74) is 0. The highest BCUT2D eigenvalue weighted by Crippen LogP contribution is 2.14. The van der Waals surface area contributed by atoms with E-state index in [4.69, 9.17) is 9.84 Å². The highest BCUT2D eigenvalue weighted by atomic mass is 16.5. The fraction of sp³-hybridized carbons (Fsp3) is 0.818. The van der Waals surface area contributed by atoms with Gasteiger partial charge in [0.25, 0.3) is 0 Å². The van der Waals surface area contributed by atoms with Gasteiger partial charge in [-0.25, -0.2) is 4.79 Å². The van der Waals surface area contributed by atoms with Crippen LogP contribution in [0.4, 0.5) is 4.79 Å². The first-order valence-electron chi connectivity index (χ1n) is 5.58. The van der Waals surface area contributed by atoms with E-state index in [2.05, 4.69) is 5.32 Å². The van der Waals surface area contributed by atoms with Crippen molar-refractivity contribution in [2.24, 2.45) is 11.8 Å². The van der Waals surface area contributed by atoms with Crippen molar-refractivity contribution < 1.29 is 19.4 Å². The number of ether oxygens (including phenoxy) is 1. The Kier molecular flexibility index (Phi) is 7.33. The predicted octanol–water partition coefficient (Wildman–Crippen LogP) is 1.87. The second-order valence-corrected chi connectivity index (χ2v) is 4.19. The molecular formula is C11H21NO4. The normalized spacial score (nSPS) is 12.2. The van der Waals surface area contributed by atoms with Crippen molar-refractivity contribution >= 4 is 12.1 Å². The summed E-state index contributed by atoms with van der Waals surface area (Å²) < 4.78 is 4.70. The van der Waals surface area contributed by atoms with Gasteiger partial charge in [0.15, 0.2) is 0 Å². The Morgan fingerprint density at radius 2 is 2.00 bits per heavy atom. The van der Waals surface area contributed by atoms with Gasteiger partial charge in [-0.1, -0.05) is 13.8 Å². The average Bonchev–Trinajstić information content (AvgIpc) is 2.13. The molecule has 0 aliphatic rings. The van der Waals surface area contributed by atoms with Gasteiger partial charge in [0.05, 0.1) is 6.61 Å². The average molecular weight is 231 g/mol. The minimum atomic E-state index is -0.837. The number of hydrogen-bond donors (Lipinski definition) is 2. The summed E-state index contributed by atoms with van der Waals surface area (Å²) in [6.07, 6.45) is 0.366. The van der Waals surface area contributed by atoms with E-state index < -0.39 is 12.1 Å². The molecule has 0 radical (unpaired) electrons. The zero-order valence-corrected chi connectivity index (χ0v) is 10.2. The Morgan fingerprint density at radius 3 is 2.44 bits per heavy atom. The number of amides is 1. The van der Waals surface area contributed by atoms with Crippen LogP contribution in [0.25, 0.3) is 0 Å². The van der Waals surface area contributed by atoms with Crippen molar-refractivity contribution in [3.8, 4) is 0 Å². The number of hydrogen-bond acceptors (Lipinski definition) is 3. The molecule has 0 saturated carbocycles. The Balaban J connectivity index is 4.00. The minimum absolute atomic E-state index is 0.0399. The van der Waals surface area contributed by atoms with E-state index in [0.29, 0.717) is 19.1 Å². The van der Waals surface area contributed by atoms with Gasteiger partial charge in [-0.15, -0.1) is 0 Å². The van der Waals surface area contributed by atoms with Crippen molar-refractivity contribution in [3.63, 3.8) is 0 Å². The number of carbonyl (C=O) groups is 2. The molecule has 1 atom stereocenters. The van der Waals surface area contributed by atoms with Crippen LogP contribution < -0.4 is 5.32 Å². The van der Waals surface area contributed by atoms with Crippen LogP contribution in [-0.2, 0) is 9.53 Å². The van der Waals surface area contributed by atoms with Gasteiger partial charge in [0.2, 0.25) is 0 Å². The molecule has 0 fully saturated rings. The molecule has 0 aliphatic carbocycles. The van der Waals surface area contributed by atoms with Gasteiger partial charge in [-0.3, -0.25) is 4.79 Å². The summed E-state index contributed by atoms with van der Waals surface area (Å²) in [7, 11) is 0. The number of aliphatic carboxylic acids is 1. The monoisotopic (exact) mass is 231 g/mol. The number of carboxylic acid groups (broad SMARTS) is 1. The Morgan fingerprint density at radius 1 is 1.38 bits per heavy atom. The van der Waals surface area contributed by atoms with E-state index >= 15 is 0 Å². The summed E-state index contributed by atoms with van der Waals surface area (Å²) in [4.78, 5) is 21.7. The lowest BCUT2D eigenvalue weighted by Gasteiger charge is -2.17. The molecule has 0 spiro atoms. The van der Waals surface area contributed by atoms with Crippen LogP contribution in [0.2, 0.25) is 0 Å². The third kappa shape index (κ3) is 8.08. The number of carbonyl (C=O) groups excluding carboxylic acids is 1. The van der Waals surface area contributed by atoms with Gasteiger partial charge >= 0.3 is 12.1 Å². The van der Waals surface area contributed by atoms with Crippen LogP contribution in [0.1, 0.15) is 33.6 Å². The van der Waals surface area contributed by atoms with E-state index in [0.717, 1.165) is 6.42 Å². The number of nitrogens with one attached hydrogen (secondary N) is 1. The third-order valence-electron chi connectivity index (χ3n) is 2.08. The molecule has 0 saturated heterocycles. The van der Waals surface area contributed by atoms with Crippen molar-refractivity contribution in [3.05, 3.63) is 0 Å². The first-order chi connectivity index (χ1) is 7.45. The van der Waals surface area contributed by atoms with E-state index in [9.17, 15) is 9.59 Å². The van der Waals surface area contributed by atoms with E-state index in [1.54, 1.807) is 6.92 Å². The number of rotatable bonds is 7. The fourth-order valence-electron chi connectivity index (χ4n) is 1.56. The van der Waals surface area contributed by atoms with Gasteiger partial charge < -0.3 is 15.2 Å². The lowest BCUT2D eigenvalue weighted by molar-refractivity contribution is -0.138. The minimum Gasteiger partial charge on any atom is -0.481 e. The number of carboxylic acids is 1. The molecule has 2 N–H and O–H groups in total. The van der Waals surface area contributed by atoms with Crippen LogP contribution >= 0.6 is 0 Å². The lowest BCUT2D eigenvalue weighted by atomic mass is 9.94. The maximum absolute atomic E-state index is 11.0. The molecule has 0 bridgehead atoms. The molecule has 0 aliphatic heterocycles. The predicted molar refractivity (Wildman–Crippen MR) is 60.2 cm³/mol. The van der Waals surface area contributed by atoms with E-state index in [-0.39, 0.29) is 12.3 Å². The van der Waals surface area contributed by atoms with E-state index in [1.807, 2.05) is 13.8 Å². The summed E-state index contributed by atoms with van der Waals surface area (Å²) in [5, 5.41) is 11.3. The van der Waals surface area contributed by atoms with Crippen LogP contribution in [0.5, 0.6) is 0 Å². The molecule has 0 unspecified atom stereocenters. The summed E-state index contributed by atoms with van der Waals surface area (Å²) in [5.74, 6) is -0.466. The van der Waals surface area contributed by atoms with Crippen LogP contribution in [0.15, 0.2) is 0 Å². The van der Waals surface area contributed by atoms with Gasteiger partial charge in [-0.2, -0.15) is 0 Å². The molecule has 0 aromatic heterocycles. The standard InChI is InChI=1S/C11H21NO4/c1-4-16-11(15)12-7-9(5-8(2)3)6-10(13)14/h8-9H,4-7H2,1-3H3,(H,12,15)(H,13,14)/t9-/m0/s1. The lowest BCUT2D eigenvalue weighted by Crippen LogP contribution is -2.31. The first-order valence-corrected chi connectivity index (χ1v) is 5.58. The molecule has 0 aromatic carbocycles. The Bertz CT molecular complexity index is 228.